The zero-order valence-electron chi connectivity index (χ0n) is 9.22. The van der Waals surface area contributed by atoms with Crippen LogP contribution in [0, 0.1) is 5.92 Å². The Kier molecular flexibility index (Phi) is 3.31. The van der Waals surface area contributed by atoms with Crippen LogP contribution in [0.1, 0.15) is 6.92 Å². The molecule has 2 aromatic rings. The maximum Gasteiger partial charge on any atom is 0.145 e. The van der Waals surface area contributed by atoms with Crippen LogP contribution in [0.5, 0.6) is 0 Å². The predicted octanol–water partition coefficient (Wildman–Crippen LogP) is 1.67. The number of nitrogens with zero attached hydrogens (tertiary/aromatic N) is 2. The average Bonchev–Trinajstić information content (AvgIpc) is 2.35. The number of hydrogen-bond acceptors (Lipinski definition) is 4. The number of aliphatic hydroxyl groups is 1. The lowest BCUT2D eigenvalue weighted by molar-refractivity contribution is 0.244. The van der Waals surface area contributed by atoms with Gasteiger partial charge in [0.05, 0.1) is 17.2 Å². The lowest BCUT2D eigenvalue weighted by Crippen LogP contribution is -2.15. The van der Waals surface area contributed by atoms with Crippen LogP contribution in [0.15, 0.2) is 30.5 Å². The van der Waals surface area contributed by atoms with E-state index >= 15 is 0 Å². The molecule has 2 N–H and O–H groups in total. The molecule has 1 atom stereocenters. The van der Waals surface area contributed by atoms with Crippen molar-refractivity contribution in [2.24, 2.45) is 5.92 Å². The molecule has 0 aliphatic heterocycles. The predicted molar refractivity (Wildman–Crippen MR) is 64.3 cm³/mol. The molecule has 1 unspecified atom stereocenters. The summed E-state index contributed by atoms with van der Waals surface area (Å²) in [5.74, 6) is 0.965. The van der Waals surface area contributed by atoms with Crippen molar-refractivity contribution in [2.45, 2.75) is 6.92 Å². The van der Waals surface area contributed by atoms with Crippen molar-refractivity contribution in [1.29, 1.82) is 0 Å². The number of aromatic nitrogens is 2. The van der Waals surface area contributed by atoms with Gasteiger partial charge < -0.3 is 10.4 Å². The molecule has 1 heterocycles. The monoisotopic (exact) mass is 217 g/mol. The van der Waals surface area contributed by atoms with Crippen LogP contribution in [0.3, 0.4) is 0 Å². The zero-order valence-corrected chi connectivity index (χ0v) is 9.22. The fourth-order valence-electron chi connectivity index (χ4n) is 1.39. The molecular weight excluding hydrogens is 202 g/mol. The van der Waals surface area contributed by atoms with Gasteiger partial charge in [-0.2, -0.15) is 0 Å². The summed E-state index contributed by atoms with van der Waals surface area (Å²) in [6.07, 6.45) is 1.71. The molecular formula is C12H15N3O. The molecule has 1 aromatic carbocycles. The van der Waals surface area contributed by atoms with Crippen LogP contribution in [0.25, 0.3) is 11.0 Å². The number of benzene rings is 1. The number of nitrogens with one attached hydrogen (secondary N) is 1. The minimum Gasteiger partial charge on any atom is -0.396 e. The van der Waals surface area contributed by atoms with Gasteiger partial charge in [-0.3, -0.25) is 4.98 Å². The van der Waals surface area contributed by atoms with Crippen LogP contribution in [-0.4, -0.2) is 28.2 Å². The van der Waals surface area contributed by atoms with E-state index in [1.807, 2.05) is 31.2 Å². The van der Waals surface area contributed by atoms with Crippen LogP contribution in [0.4, 0.5) is 5.82 Å². The van der Waals surface area contributed by atoms with Crippen molar-refractivity contribution >= 4 is 16.9 Å². The van der Waals surface area contributed by atoms with Crippen LogP contribution in [-0.2, 0) is 0 Å². The van der Waals surface area contributed by atoms with Crippen molar-refractivity contribution in [3.63, 3.8) is 0 Å². The number of hydrogen-bond donors (Lipinski definition) is 2. The van der Waals surface area contributed by atoms with Gasteiger partial charge in [-0.25, -0.2) is 4.98 Å². The van der Waals surface area contributed by atoms with Gasteiger partial charge in [-0.1, -0.05) is 19.1 Å². The van der Waals surface area contributed by atoms with Gasteiger partial charge in [0.25, 0.3) is 0 Å². The Morgan fingerprint density at radius 2 is 2.06 bits per heavy atom. The van der Waals surface area contributed by atoms with Gasteiger partial charge in [0.2, 0.25) is 0 Å². The second kappa shape index (κ2) is 4.90. The Hall–Kier alpha value is -1.68. The van der Waals surface area contributed by atoms with E-state index in [0.717, 1.165) is 16.9 Å². The summed E-state index contributed by atoms with van der Waals surface area (Å²) in [4.78, 5) is 8.72. The number of rotatable bonds is 4. The Morgan fingerprint density at radius 1 is 1.31 bits per heavy atom. The van der Waals surface area contributed by atoms with E-state index in [9.17, 15) is 0 Å². The SMILES string of the molecule is CC(CO)CNc1cnc2ccccc2n1. The van der Waals surface area contributed by atoms with Crippen molar-refractivity contribution in [1.82, 2.24) is 9.97 Å². The molecule has 1 aromatic heterocycles. The van der Waals surface area contributed by atoms with Crippen LogP contribution >= 0.6 is 0 Å². The highest BCUT2D eigenvalue weighted by molar-refractivity contribution is 5.75. The number of fused-ring (bicyclic) bond motifs is 1. The van der Waals surface area contributed by atoms with Crippen molar-refractivity contribution < 1.29 is 5.11 Å². The molecule has 4 nitrogen and oxygen atoms in total. The number of anilines is 1. The molecule has 0 aliphatic carbocycles. The van der Waals surface area contributed by atoms with E-state index < -0.39 is 0 Å². The first-order valence-electron chi connectivity index (χ1n) is 5.36. The summed E-state index contributed by atoms with van der Waals surface area (Å²) in [7, 11) is 0. The standard InChI is InChI=1S/C12H15N3O/c1-9(8-16)6-14-12-7-13-10-4-2-3-5-11(10)15-12/h2-5,7,9,16H,6,8H2,1H3,(H,14,15). The molecule has 0 bridgehead atoms. The smallest absolute Gasteiger partial charge is 0.145 e. The minimum atomic E-state index is 0.175. The fraction of sp³-hybridized carbons (Fsp3) is 0.333. The molecule has 0 saturated heterocycles. The maximum absolute atomic E-state index is 8.91. The second-order valence-electron chi connectivity index (χ2n) is 3.91. The summed E-state index contributed by atoms with van der Waals surface area (Å²) in [6.45, 7) is 2.85. The first-order chi connectivity index (χ1) is 7.79. The molecule has 0 fully saturated rings. The van der Waals surface area contributed by atoms with E-state index in [1.165, 1.54) is 0 Å². The van der Waals surface area contributed by atoms with Gasteiger partial charge in [0.15, 0.2) is 0 Å². The van der Waals surface area contributed by atoms with Crippen molar-refractivity contribution in [3.8, 4) is 0 Å². The van der Waals surface area contributed by atoms with Gasteiger partial charge in [0.1, 0.15) is 5.82 Å². The molecule has 0 aliphatic rings. The highest BCUT2D eigenvalue weighted by Crippen LogP contribution is 2.11. The van der Waals surface area contributed by atoms with Gasteiger partial charge >= 0.3 is 0 Å². The van der Waals surface area contributed by atoms with E-state index in [4.69, 9.17) is 5.11 Å². The summed E-state index contributed by atoms with van der Waals surface area (Å²) in [5, 5.41) is 12.1. The number of para-hydroxylation sites is 2. The van der Waals surface area contributed by atoms with Crippen LogP contribution in [0.2, 0.25) is 0 Å². The van der Waals surface area contributed by atoms with Gasteiger partial charge in [0, 0.05) is 13.2 Å². The maximum atomic E-state index is 8.91. The van der Waals surface area contributed by atoms with E-state index in [-0.39, 0.29) is 12.5 Å². The molecule has 0 amide bonds. The Labute approximate surface area is 94.4 Å². The molecule has 2 rings (SSSR count). The number of aliphatic hydroxyl groups excluding tert-OH is 1. The molecule has 0 spiro atoms. The first kappa shape index (κ1) is 10.8. The summed E-state index contributed by atoms with van der Waals surface area (Å²) in [6, 6.07) is 7.75. The third-order valence-corrected chi connectivity index (χ3v) is 2.39. The van der Waals surface area contributed by atoms with Crippen molar-refractivity contribution in [3.05, 3.63) is 30.5 Å². The Morgan fingerprint density at radius 3 is 2.81 bits per heavy atom. The Balaban J connectivity index is 2.13. The third-order valence-electron chi connectivity index (χ3n) is 2.39. The van der Waals surface area contributed by atoms with Gasteiger partial charge in [-0.15, -0.1) is 0 Å². The topological polar surface area (TPSA) is 58.0 Å². The van der Waals surface area contributed by atoms with E-state index in [1.54, 1.807) is 6.20 Å². The van der Waals surface area contributed by atoms with Crippen molar-refractivity contribution in [2.75, 3.05) is 18.5 Å². The largest absolute Gasteiger partial charge is 0.396 e. The lowest BCUT2D eigenvalue weighted by Gasteiger charge is -2.09. The molecule has 0 saturated carbocycles. The van der Waals surface area contributed by atoms with E-state index in [0.29, 0.717) is 6.54 Å². The normalized spacial score (nSPS) is 12.6. The quantitative estimate of drug-likeness (QED) is 0.818. The molecule has 0 radical (unpaired) electrons. The van der Waals surface area contributed by atoms with Gasteiger partial charge in [-0.05, 0) is 18.1 Å². The fourth-order valence-corrected chi connectivity index (χ4v) is 1.39. The first-order valence-corrected chi connectivity index (χ1v) is 5.36. The zero-order chi connectivity index (χ0) is 11.4. The molecule has 16 heavy (non-hydrogen) atoms. The minimum absolute atomic E-state index is 0.175. The Bertz CT molecular complexity index is 473. The average molecular weight is 217 g/mol. The third kappa shape index (κ3) is 2.46. The lowest BCUT2D eigenvalue weighted by atomic mass is 10.2. The highest BCUT2D eigenvalue weighted by Gasteiger charge is 2.01. The van der Waals surface area contributed by atoms with E-state index in [2.05, 4.69) is 15.3 Å². The summed E-state index contributed by atoms with van der Waals surface area (Å²) >= 11 is 0. The molecule has 4 heteroatoms. The summed E-state index contributed by atoms with van der Waals surface area (Å²) in [5.41, 5.74) is 1.77. The highest BCUT2D eigenvalue weighted by atomic mass is 16.3. The van der Waals surface area contributed by atoms with Crippen LogP contribution < -0.4 is 5.32 Å². The molecule has 84 valence electrons. The second-order valence-corrected chi connectivity index (χ2v) is 3.91. The summed E-state index contributed by atoms with van der Waals surface area (Å²) < 4.78 is 0.